The second-order valence-corrected chi connectivity index (χ2v) is 5.55. The average molecular weight is 308 g/mol. The van der Waals surface area contributed by atoms with Gasteiger partial charge in [-0.2, -0.15) is 5.10 Å². The van der Waals surface area contributed by atoms with Crippen LogP contribution in [0.2, 0.25) is 5.02 Å². The van der Waals surface area contributed by atoms with E-state index in [2.05, 4.69) is 5.10 Å². The molecule has 0 saturated heterocycles. The van der Waals surface area contributed by atoms with E-state index in [9.17, 15) is 4.79 Å². The van der Waals surface area contributed by atoms with Gasteiger partial charge in [0.1, 0.15) is 6.54 Å². The molecule has 0 fully saturated rings. The summed E-state index contributed by atoms with van der Waals surface area (Å²) >= 11 is 5.98. The van der Waals surface area contributed by atoms with E-state index >= 15 is 0 Å². The fraction of sp³-hybridized carbons (Fsp3) is 0.333. The fourth-order valence-electron chi connectivity index (χ4n) is 2.02. The van der Waals surface area contributed by atoms with Gasteiger partial charge in [0.2, 0.25) is 0 Å². The third-order valence-corrected chi connectivity index (χ3v) is 3.28. The van der Waals surface area contributed by atoms with Crippen LogP contribution in [-0.4, -0.2) is 27.4 Å². The highest BCUT2D eigenvalue weighted by Gasteiger charge is 2.13. The number of hydrogen-bond donors (Lipinski definition) is 1. The summed E-state index contributed by atoms with van der Waals surface area (Å²) in [7, 11) is 0. The summed E-state index contributed by atoms with van der Waals surface area (Å²) in [4.78, 5) is 12.8. The van der Waals surface area contributed by atoms with E-state index in [1.54, 1.807) is 23.1 Å². The molecular formula is C15H18ClN3O2. The van der Waals surface area contributed by atoms with Crippen molar-refractivity contribution >= 4 is 23.3 Å². The smallest absolute Gasteiger partial charge is 0.323 e. The molecule has 0 spiro atoms. The van der Waals surface area contributed by atoms with Gasteiger partial charge >= 0.3 is 5.97 Å². The predicted molar refractivity (Wildman–Crippen MR) is 82.7 cm³/mol. The van der Waals surface area contributed by atoms with Crippen LogP contribution in [0.15, 0.2) is 36.5 Å². The van der Waals surface area contributed by atoms with Gasteiger partial charge in [0, 0.05) is 22.9 Å². The molecule has 21 heavy (non-hydrogen) atoms. The molecule has 1 aromatic heterocycles. The number of rotatable bonds is 6. The van der Waals surface area contributed by atoms with Gasteiger partial charge in [-0.15, -0.1) is 0 Å². The quantitative estimate of drug-likeness (QED) is 0.890. The van der Waals surface area contributed by atoms with Crippen LogP contribution in [0.1, 0.15) is 25.6 Å². The summed E-state index contributed by atoms with van der Waals surface area (Å²) in [6.07, 6.45) is 1.90. The van der Waals surface area contributed by atoms with Crippen LogP contribution in [-0.2, 0) is 11.3 Å². The van der Waals surface area contributed by atoms with Crippen LogP contribution in [0.4, 0.5) is 5.69 Å². The molecule has 2 rings (SSSR count). The standard InChI is InChI=1S/C15H18ClN3O2/c1-11(2)19-7-6-13(17-19)9-18(10-15(20)21)14-5-3-4-12(16)8-14/h3-8,11H,9-10H2,1-2H3,(H,20,21). The minimum atomic E-state index is -0.890. The van der Waals surface area contributed by atoms with Crippen molar-refractivity contribution in [3.8, 4) is 0 Å². The molecule has 0 aliphatic rings. The zero-order valence-electron chi connectivity index (χ0n) is 12.0. The maximum atomic E-state index is 11.1. The molecule has 0 aliphatic carbocycles. The second-order valence-electron chi connectivity index (χ2n) is 5.11. The van der Waals surface area contributed by atoms with Crippen molar-refractivity contribution in [2.45, 2.75) is 26.4 Å². The van der Waals surface area contributed by atoms with Gasteiger partial charge < -0.3 is 10.0 Å². The van der Waals surface area contributed by atoms with Gasteiger partial charge in [0.25, 0.3) is 0 Å². The molecule has 1 N–H and O–H groups in total. The largest absolute Gasteiger partial charge is 0.480 e. The van der Waals surface area contributed by atoms with Crippen molar-refractivity contribution in [2.75, 3.05) is 11.4 Å². The van der Waals surface area contributed by atoms with Crippen molar-refractivity contribution in [1.82, 2.24) is 9.78 Å². The molecule has 1 aromatic carbocycles. The number of nitrogens with zero attached hydrogens (tertiary/aromatic N) is 3. The molecule has 112 valence electrons. The Morgan fingerprint density at radius 3 is 2.76 bits per heavy atom. The van der Waals surface area contributed by atoms with E-state index < -0.39 is 5.97 Å². The maximum Gasteiger partial charge on any atom is 0.323 e. The first kappa shape index (κ1) is 15.4. The highest BCUT2D eigenvalue weighted by molar-refractivity contribution is 6.30. The molecule has 5 nitrogen and oxygen atoms in total. The van der Waals surface area contributed by atoms with Crippen LogP contribution < -0.4 is 4.90 Å². The Morgan fingerprint density at radius 1 is 1.43 bits per heavy atom. The number of hydrogen-bond acceptors (Lipinski definition) is 3. The van der Waals surface area contributed by atoms with Gasteiger partial charge in [-0.25, -0.2) is 0 Å². The first-order valence-electron chi connectivity index (χ1n) is 6.72. The van der Waals surface area contributed by atoms with Gasteiger partial charge in [0.15, 0.2) is 0 Å². The van der Waals surface area contributed by atoms with E-state index in [1.165, 1.54) is 0 Å². The Bertz CT molecular complexity index is 625. The Morgan fingerprint density at radius 2 is 2.19 bits per heavy atom. The van der Waals surface area contributed by atoms with E-state index in [-0.39, 0.29) is 12.6 Å². The normalized spacial score (nSPS) is 10.9. The number of carboxylic acid groups (broad SMARTS) is 1. The number of anilines is 1. The highest BCUT2D eigenvalue weighted by atomic mass is 35.5. The monoisotopic (exact) mass is 307 g/mol. The summed E-state index contributed by atoms with van der Waals surface area (Å²) in [5.41, 5.74) is 1.59. The number of benzene rings is 1. The first-order valence-corrected chi connectivity index (χ1v) is 7.10. The first-order chi connectivity index (χ1) is 9.95. The maximum absolute atomic E-state index is 11.1. The lowest BCUT2D eigenvalue weighted by Gasteiger charge is -2.22. The van der Waals surface area contributed by atoms with Crippen LogP contribution in [0.5, 0.6) is 0 Å². The summed E-state index contributed by atoms with van der Waals surface area (Å²) in [5, 5.41) is 14.1. The van der Waals surface area contributed by atoms with Crippen LogP contribution in [0.25, 0.3) is 0 Å². The summed E-state index contributed by atoms with van der Waals surface area (Å²) < 4.78 is 1.85. The molecule has 0 radical (unpaired) electrons. The van der Waals surface area contributed by atoms with Crippen LogP contribution in [0.3, 0.4) is 0 Å². The Kier molecular flexibility index (Phi) is 4.85. The van der Waals surface area contributed by atoms with Gasteiger partial charge in [0.05, 0.1) is 12.2 Å². The molecule has 1 heterocycles. The molecule has 0 bridgehead atoms. The fourth-order valence-corrected chi connectivity index (χ4v) is 2.20. The minimum Gasteiger partial charge on any atom is -0.480 e. The van der Waals surface area contributed by atoms with E-state index in [1.807, 2.05) is 36.9 Å². The van der Waals surface area contributed by atoms with Crippen molar-refractivity contribution < 1.29 is 9.90 Å². The zero-order valence-corrected chi connectivity index (χ0v) is 12.8. The number of aromatic nitrogens is 2. The third kappa shape index (κ3) is 4.23. The predicted octanol–water partition coefficient (Wildman–Crippen LogP) is 3.21. The van der Waals surface area contributed by atoms with E-state index in [0.29, 0.717) is 11.6 Å². The Hall–Kier alpha value is -2.01. The summed E-state index contributed by atoms with van der Waals surface area (Å²) in [6.45, 7) is 4.41. The lowest BCUT2D eigenvalue weighted by molar-refractivity contribution is -0.135. The number of halogens is 1. The van der Waals surface area contributed by atoms with Gasteiger partial charge in [-0.1, -0.05) is 17.7 Å². The van der Waals surface area contributed by atoms with Gasteiger partial charge in [-0.3, -0.25) is 9.48 Å². The topological polar surface area (TPSA) is 58.4 Å². The number of carboxylic acids is 1. The highest BCUT2D eigenvalue weighted by Crippen LogP contribution is 2.21. The van der Waals surface area contributed by atoms with Crippen molar-refractivity contribution in [1.29, 1.82) is 0 Å². The third-order valence-electron chi connectivity index (χ3n) is 3.04. The molecule has 2 aromatic rings. The molecule has 0 amide bonds. The van der Waals surface area contributed by atoms with Crippen molar-refractivity contribution in [2.24, 2.45) is 0 Å². The zero-order chi connectivity index (χ0) is 15.4. The number of aliphatic carboxylic acids is 1. The average Bonchev–Trinajstić information content (AvgIpc) is 2.86. The molecule has 0 unspecified atom stereocenters. The van der Waals surface area contributed by atoms with Gasteiger partial charge in [-0.05, 0) is 38.1 Å². The van der Waals surface area contributed by atoms with Crippen molar-refractivity contribution in [3.63, 3.8) is 0 Å². The van der Waals surface area contributed by atoms with Crippen molar-refractivity contribution in [3.05, 3.63) is 47.2 Å². The molecule has 0 saturated carbocycles. The Balaban J connectivity index is 2.21. The Labute approximate surface area is 128 Å². The SMILES string of the molecule is CC(C)n1ccc(CN(CC(=O)O)c2cccc(Cl)c2)n1. The van der Waals surface area contributed by atoms with E-state index in [4.69, 9.17) is 16.7 Å². The van der Waals surface area contributed by atoms with Crippen LogP contribution in [0, 0.1) is 0 Å². The minimum absolute atomic E-state index is 0.102. The molecule has 0 atom stereocenters. The molecule has 6 heteroatoms. The lowest BCUT2D eigenvalue weighted by atomic mass is 10.2. The second kappa shape index (κ2) is 6.63. The molecule has 0 aliphatic heterocycles. The summed E-state index contributed by atoms with van der Waals surface area (Å²) in [5.74, 6) is -0.890. The van der Waals surface area contributed by atoms with E-state index in [0.717, 1.165) is 11.4 Å². The number of carbonyl (C=O) groups is 1. The van der Waals surface area contributed by atoms with Crippen LogP contribution >= 0.6 is 11.6 Å². The lowest BCUT2D eigenvalue weighted by Crippen LogP contribution is -2.29. The summed E-state index contributed by atoms with van der Waals surface area (Å²) in [6, 6.07) is 9.34. The molecular weight excluding hydrogens is 290 g/mol.